The monoisotopic (exact) mass is 242 g/mol. The van der Waals surface area contributed by atoms with Crippen LogP contribution in [0.2, 0.25) is 0 Å². The third kappa shape index (κ3) is 3.30. The summed E-state index contributed by atoms with van der Waals surface area (Å²) in [6.07, 6.45) is 5.67. The highest BCUT2D eigenvalue weighted by atomic mass is 16.7. The first kappa shape index (κ1) is 14.7. The molecule has 0 aromatic rings. The number of allylic oxidation sites excluding steroid dienone is 2. The standard InChI is InChI=1S/C14H26O3/c1-6-7-8-9-11(10-15)12-16-13(2,3)14(4,5)17-12/h6-7,11-12,15H,8-10H2,1-5H3/b7-6+. The summed E-state index contributed by atoms with van der Waals surface area (Å²) in [6, 6.07) is 0. The quantitative estimate of drug-likeness (QED) is 0.753. The van der Waals surface area contributed by atoms with Crippen LogP contribution in [0.3, 0.4) is 0 Å². The molecule has 1 atom stereocenters. The zero-order chi connectivity index (χ0) is 13.1. The van der Waals surface area contributed by atoms with Gasteiger partial charge in [0.15, 0.2) is 6.29 Å². The minimum atomic E-state index is -0.314. The van der Waals surface area contributed by atoms with E-state index in [-0.39, 0.29) is 30.0 Å². The van der Waals surface area contributed by atoms with Crippen molar-refractivity contribution in [1.29, 1.82) is 0 Å². The average Bonchev–Trinajstić information content (AvgIpc) is 2.43. The van der Waals surface area contributed by atoms with Gasteiger partial charge in [0.25, 0.3) is 0 Å². The molecule has 1 fully saturated rings. The molecule has 0 aromatic heterocycles. The maximum absolute atomic E-state index is 9.44. The van der Waals surface area contributed by atoms with E-state index < -0.39 is 0 Å². The summed E-state index contributed by atoms with van der Waals surface area (Å²) in [5.41, 5.74) is -0.628. The van der Waals surface area contributed by atoms with Crippen LogP contribution in [0, 0.1) is 5.92 Å². The molecule has 0 aliphatic carbocycles. The Kier molecular flexibility index (Phi) is 4.76. The van der Waals surface area contributed by atoms with Gasteiger partial charge in [-0.15, -0.1) is 0 Å². The lowest BCUT2D eigenvalue weighted by molar-refractivity contribution is -0.133. The van der Waals surface area contributed by atoms with Crippen LogP contribution in [0.5, 0.6) is 0 Å². The van der Waals surface area contributed by atoms with E-state index in [1.807, 2.05) is 40.7 Å². The van der Waals surface area contributed by atoms with E-state index in [1.54, 1.807) is 0 Å². The van der Waals surface area contributed by atoms with Crippen LogP contribution in [-0.2, 0) is 9.47 Å². The first-order valence-corrected chi connectivity index (χ1v) is 6.41. The molecule has 1 aliphatic rings. The normalized spacial score (nSPS) is 25.5. The third-order valence-electron chi connectivity index (χ3n) is 3.83. The fraction of sp³-hybridized carbons (Fsp3) is 0.857. The molecule has 1 heterocycles. The number of hydrogen-bond donors (Lipinski definition) is 1. The average molecular weight is 242 g/mol. The lowest BCUT2D eigenvalue weighted by Gasteiger charge is -2.30. The van der Waals surface area contributed by atoms with Crippen molar-refractivity contribution in [2.45, 2.75) is 65.0 Å². The second-order valence-electron chi connectivity index (χ2n) is 5.71. The molecule has 1 aliphatic heterocycles. The second-order valence-corrected chi connectivity index (χ2v) is 5.71. The number of aliphatic hydroxyl groups is 1. The molecule has 0 amide bonds. The molecule has 1 unspecified atom stereocenters. The van der Waals surface area contributed by atoms with Gasteiger partial charge in [-0.1, -0.05) is 12.2 Å². The van der Waals surface area contributed by atoms with Crippen LogP contribution >= 0.6 is 0 Å². The van der Waals surface area contributed by atoms with Crippen LogP contribution in [0.25, 0.3) is 0 Å². The third-order valence-corrected chi connectivity index (χ3v) is 3.83. The molecular formula is C14H26O3. The number of ether oxygens (including phenoxy) is 2. The van der Waals surface area contributed by atoms with Crippen molar-refractivity contribution in [2.75, 3.05) is 6.61 Å². The molecule has 3 heteroatoms. The Morgan fingerprint density at radius 1 is 1.18 bits per heavy atom. The van der Waals surface area contributed by atoms with Crippen molar-refractivity contribution in [2.24, 2.45) is 5.92 Å². The zero-order valence-corrected chi connectivity index (χ0v) is 11.7. The SMILES string of the molecule is C/C=C/CCC(CO)C1OC(C)(C)C(C)(C)O1. The van der Waals surface area contributed by atoms with E-state index >= 15 is 0 Å². The Bertz CT molecular complexity index is 253. The van der Waals surface area contributed by atoms with Crippen molar-refractivity contribution in [3.63, 3.8) is 0 Å². The minimum Gasteiger partial charge on any atom is -0.396 e. The summed E-state index contributed by atoms with van der Waals surface area (Å²) in [5, 5.41) is 9.44. The molecule has 1 saturated heterocycles. The Morgan fingerprint density at radius 2 is 1.71 bits per heavy atom. The van der Waals surface area contributed by atoms with Crippen LogP contribution in [0.15, 0.2) is 12.2 Å². The van der Waals surface area contributed by atoms with Crippen LogP contribution in [0.4, 0.5) is 0 Å². The molecular weight excluding hydrogens is 216 g/mol. The summed E-state index contributed by atoms with van der Waals surface area (Å²) in [6.45, 7) is 10.2. The van der Waals surface area contributed by atoms with Crippen molar-refractivity contribution >= 4 is 0 Å². The maximum atomic E-state index is 9.44. The Labute approximate surface area is 105 Å². The smallest absolute Gasteiger partial charge is 0.164 e. The van der Waals surface area contributed by atoms with Crippen LogP contribution in [-0.4, -0.2) is 29.2 Å². The van der Waals surface area contributed by atoms with Gasteiger partial charge >= 0.3 is 0 Å². The van der Waals surface area contributed by atoms with Crippen molar-refractivity contribution < 1.29 is 14.6 Å². The van der Waals surface area contributed by atoms with Gasteiger partial charge in [-0.05, 0) is 47.5 Å². The number of aliphatic hydroxyl groups excluding tert-OH is 1. The molecule has 100 valence electrons. The number of rotatable bonds is 5. The van der Waals surface area contributed by atoms with Gasteiger partial charge in [-0.25, -0.2) is 0 Å². The van der Waals surface area contributed by atoms with Gasteiger partial charge in [0, 0.05) is 5.92 Å². The summed E-state index contributed by atoms with van der Waals surface area (Å²) in [5.74, 6) is 0.0484. The van der Waals surface area contributed by atoms with Gasteiger partial charge < -0.3 is 14.6 Å². The van der Waals surface area contributed by atoms with E-state index in [0.29, 0.717) is 0 Å². The fourth-order valence-corrected chi connectivity index (χ4v) is 1.87. The zero-order valence-electron chi connectivity index (χ0n) is 11.7. The predicted octanol–water partition coefficient (Wildman–Crippen LogP) is 2.88. The summed E-state index contributed by atoms with van der Waals surface area (Å²) in [4.78, 5) is 0. The molecule has 1 rings (SSSR count). The topological polar surface area (TPSA) is 38.7 Å². The highest BCUT2D eigenvalue weighted by molar-refractivity contribution is 4.95. The van der Waals surface area contributed by atoms with Gasteiger partial charge in [0.2, 0.25) is 0 Å². The van der Waals surface area contributed by atoms with Crippen molar-refractivity contribution in [3.8, 4) is 0 Å². The van der Waals surface area contributed by atoms with E-state index in [2.05, 4.69) is 6.08 Å². The minimum absolute atomic E-state index is 0.0484. The summed E-state index contributed by atoms with van der Waals surface area (Å²) >= 11 is 0. The Hall–Kier alpha value is -0.380. The predicted molar refractivity (Wildman–Crippen MR) is 68.7 cm³/mol. The molecule has 0 spiro atoms. The van der Waals surface area contributed by atoms with E-state index in [4.69, 9.17) is 9.47 Å². The van der Waals surface area contributed by atoms with E-state index in [1.165, 1.54) is 0 Å². The molecule has 0 saturated carbocycles. The Balaban J connectivity index is 2.61. The lowest BCUT2D eigenvalue weighted by atomic mass is 9.90. The Morgan fingerprint density at radius 3 is 2.12 bits per heavy atom. The first-order chi connectivity index (χ1) is 7.84. The van der Waals surface area contributed by atoms with Crippen molar-refractivity contribution in [1.82, 2.24) is 0 Å². The number of hydrogen-bond acceptors (Lipinski definition) is 3. The summed E-state index contributed by atoms with van der Waals surface area (Å²) < 4.78 is 11.9. The van der Waals surface area contributed by atoms with Gasteiger partial charge in [-0.2, -0.15) is 0 Å². The lowest BCUT2D eigenvalue weighted by Crippen LogP contribution is -2.41. The highest BCUT2D eigenvalue weighted by Crippen LogP contribution is 2.41. The van der Waals surface area contributed by atoms with Gasteiger partial charge in [0.1, 0.15) is 0 Å². The molecule has 1 N–H and O–H groups in total. The van der Waals surface area contributed by atoms with Gasteiger partial charge in [-0.3, -0.25) is 0 Å². The van der Waals surface area contributed by atoms with E-state index in [0.717, 1.165) is 12.8 Å². The van der Waals surface area contributed by atoms with Crippen LogP contribution in [0.1, 0.15) is 47.5 Å². The molecule has 3 nitrogen and oxygen atoms in total. The van der Waals surface area contributed by atoms with Crippen LogP contribution < -0.4 is 0 Å². The van der Waals surface area contributed by atoms with Gasteiger partial charge in [0.05, 0.1) is 17.8 Å². The highest BCUT2D eigenvalue weighted by Gasteiger charge is 2.50. The second kappa shape index (κ2) is 5.51. The van der Waals surface area contributed by atoms with E-state index in [9.17, 15) is 5.11 Å². The molecule has 0 radical (unpaired) electrons. The first-order valence-electron chi connectivity index (χ1n) is 6.41. The van der Waals surface area contributed by atoms with Crippen molar-refractivity contribution in [3.05, 3.63) is 12.2 Å². The molecule has 0 bridgehead atoms. The summed E-state index contributed by atoms with van der Waals surface area (Å²) in [7, 11) is 0. The molecule has 0 aromatic carbocycles. The fourth-order valence-electron chi connectivity index (χ4n) is 1.87. The molecule has 17 heavy (non-hydrogen) atoms. The maximum Gasteiger partial charge on any atom is 0.164 e. The largest absolute Gasteiger partial charge is 0.396 e.